The lowest BCUT2D eigenvalue weighted by molar-refractivity contribution is 1.20. The number of aromatic nitrogens is 2. The van der Waals surface area contributed by atoms with Crippen molar-refractivity contribution in [2.24, 2.45) is 0 Å². The molecule has 2 heterocycles. The van der Waals surface area contributed by atoms with Crippen LogP contribution in [0.2, 0.25) is 10.2 Å². The zero-order chi connectivity index (χ0) is 10.8. The highest BCUT2D eigenvalue weighted by atomic mass is 35.5. The third-order valence-corrected chi connectivity index (χ3v) is 2.80. The van der Waals surface area contributed by atoms with Gasteiger partial charge in [0.15, 0.2) is 0 Å². The van der Waals surface area contributed by atoms with Crippen molar-refractivity contribution in [2.45, 2.75) is 6.92 Å². The monoisotopic (exact) mass is 238 g/mol. The van der Waals surface area contributed by atoms with E-state index in [1.54, 1.807) is 18.5 Å². The average Bonchev–Trinajstić information content (AvgIpc) is 2.23. The fourth-order valence-corrected chi connectivity index (χ4v) is 1.63. The second-order valence-electron chi connectivity index (χ2n) is 3.13. The molecule has 2 nitrogen and oxygen atoms in total. The summed E-state index contributed by atoms with van der Waals surface area (Å²) in [4.78, 5) is 8.21. The molecular weight excluding hydrogens is 231 g/mol. The summed E-state index contributed by atoms with van der Waals surface area (Å²) < 4.78 is 0. The molecule has 0 aliphatic heterocycles. The first-order valence-electron chi connectivity index (χ1n) is 4.41. The molecule has 2 aromatic rings. The summed E-state index contributed by atoms with van der Waals surface area (Å²) in [5, 5.41) is 0.777. The fourth-order valence-electron chi connectivity index (χ4n) is 1.36. The molecule has 0 unspecified atom stereocenters. The topological polar surface area (TPSA) is 25.8 Å². The van der Waals surface area contributed by atoms with E-state index in [0.717, 1.165) is 16.8 Å². The van der Waals surface area contributed by atoms with Crippen molar-refractivity contribution in [1.29, 1.82) is 0 Å². The first kappa shape index (κ1) is 10.4. The molecule has 0 atom stereocenters. The van der Waals surface area contributed by atoms with Crippen LogP contribution < -0.4 is 0 Å². The molecule has 0 N–H and O–H groups in total. The molecule has 2 rings (SSSR count). The Balaban J connectivity index is 2.55. The van der Waals surface area contributed by atoms with Crippen LogP contribution in [0.4, 0.5) is 0 Å². The minimum absolute atomic E-state index is 0.321. The second-order valence-corrected chi connectivity index (χ2v) is 3.90. The van der Waals surface area contributed by atoms with E-state index in [0.29, 0.717) is 10.2 Å². The van der Waals surface area contributed by atoms with E-state index in [1.165, 1.54) is 0 Å². The molecule has 0 spiro atoms. The van der Waals surface area contributed by atoms with E-state index in [2.05, 4.69) is 9.97 Å². The van der Waals surface area contributed by atoms with Crippen molar-refractivity contribution >= 4 is 23.2 Å². The molecule has 0 radical (unpaired) electrons. The van der Waals surface area contributed by atoms with Crippen molar-refractivity contribution in [1.82, 2.24) is 9.97 Å². The predicted octanol–water partition coefficient (Wildman–Crippen LogP) is 3.76. The van der Waals surface area contributed by atoms with E-state index in [-0.39, 0.29) is 0 Å². The number of aryl methyl sites for hydroxylation is 1. The smallest absolute Gasteiger partial charge is 0.147 e. The number of hydrogen-bond acceptors (Lipinski definition) is 2. The number of hydrogen-bond donors (Lipinski definition) is 0. The van der Waals surface area contributed by atoms with Gasteiger partial charge in [-0.3, -0.25) is 4.98 Å². The van der Waals surface area contributed by atoms with Gasteiger partial charge in [0.2, 0.25) is 0 Å². The normalized spacial score (nSPS) is 10.3. The third-order valence-electron chi connectivity index (χ3n) is 2.11. The summed E-state index contributed by atoms with van der Waals surface area (Å²) in [6, 6.07) is 5.65. The van der Waals surface area contributed by atoms with Crippen molar-refractivity contribution in [2.75, 3.05) is 0 Å². The van der Waals surface area contributed by atoms with Gasteiger partial charge in [-0.1, -0.05) is 29.3 Å². The van der Waals surface area contributed by atoms with Crippen LogP contribution in [0, 0.1) is 6.92 Å². The standard InChI is InChI=1S/C11H8Cl2N2/c1-7-9(3-2-4-14-7)8-5-10(12)11(13)15-6-8/h2-6H,1H3. The van der Waals surface area contributed by atoms with Crippen LogP contribution in [-0.4, -0.2) is 9.97 Å². The van der Waals surface area contributed by atoms with Crippen LogP contribution in [0.15, 0.2) is 30.6 Å². The van der Waals surface area contributed by atoms with E-state index < -0.39 is 0 Å². The van der Waals surface area contributed by atoms with Gasteiger partial charge in [0.05, 0.1) is 5.02 Å². The zero-order valence-corrected chi connectivity index (χ0v) is 9.55. The lowest BCUT2D eigenvalue weighted by Crippen LogP contribution is -1.88. The summed E-state index contributed by atoms with van der Waals surface area (Å²) in [6.07, 6.45) is 3.45. The average molecular weight is 239 g/mol. The first-order chi connectivity index (χ1) is 7.18. The molecular formula is C11H8Cl2N2. The Morgan fingerprint density at radius 2 is 2.00 bits per heavy atom. The number of pyridine rings is 2. The maximum absolute atomic E-state index is 5.90. The Bertz CT molecular complexity index is 498. The van der Waals surface area contributed by atoms with Crippen LogP contribution in [0.25, 0.3) is 11.1 Å². The molecule has 0 aromatic carbocycles. The largest absolute Gasteiger partial charge is 0.261 e. The molecule has 0 aliphatic rings. The van der Waals surface area contributed by atoms with Gasteiger partial charge in [-0.05, 0) is 19.1 Å². The van der Waals surface area contributed by atoms with Crippen molar-refractivity contribution < 1.29 is 0 Å². The predicted molar refractivity (Wildman–Crippen MR) is 62.2 cm³/mol. The minimum atomic E-state index is 0.321. The lowest BCUT2D eigenvalue weighted by atomic mass is 10.1. The summed E-state index contributed by atoms with van der Waals surface area (Å²) >= 11 is 11.7. The zero-order valence-electron chi connectivity index (χ0n) is 8.04. The highest BCUT2D eigenvalue weighted by Crippen LogP contribution is 2.27. The highest BCUT2D eigenvalue weighted by Gasteiger charge is 2.05. The molecule has 2 aromatic heterocycles. The van der Waals surface area contributed by atoms with Gasteiger partial charge in [-0.25, -0.2) is 4.98 Å². The van der Waals surface area contributed by atoms with Crippen molar-refractivity contribution in [3.8, 4) is 11.1 Å². The Labute approximate surface area is 97.9 Å². The minimum Gasteiger partial charge on any atom is -0.261 e. The van der Waals surface area contributed by atoms with Crippen LogP contribution >= 0.6 is 23.2 Å². The van der Waals surface area contributed by atoms with Crippen LogP contribution in [0.5, 0.6) is 0 Å². The summed E-state index contributed by atoms with van der Waals surface area (Å²) in [5.41, 5.74) is 2.89. The van der Waals surface area contributed by atoms with Gasteiger partial charge >= 0.3 is 0 Å². The summed E-state index contributed by atoms with van der Waals surface area (Å²) in [7, 11) is 0. The maximum atomic E-state index is 5.90. The van der Waals surface area contributed by atoms with E-state index in [9.17, 15) is 0 Å². The molecule has 76 valence electrons. The lowest BCUT2D eigenvalue weighted by Gasteiger charge is -2.05. The van der Waals surface area contributed by atoms with Gasteiger partial charge in [0.1, 0.15) is 5.15 Å². The maximum Gasteiger partial charge on any atom is 0.147 e. The Morgan fingerprint density at radius 3 is 2.67 bits per heavy atom. The Kier molecular flexibility index (Phi) is 2.89. The molecule has 0 aliphatic carbocycles. The van der Waals surface area contributed by atoms with Crippen LogP contribution in [0.1, 0.15) is 5.69 Å². The van der Waals surface area contributed by atoms with Crippen molar-refractivity contribution in [3.05, 3.63) is 46.5 Å². The van der Waals surface area contributed by atoms with E-state index in [1.807, 2.05) is 19.1 Å². The van der Waals surface area contributed by atoms with Gasteiger partial charge < -0.3 is 0 Å². The Hall–Kier alpha value is -1.12. The van der Waals surface area contributed by atoms with Gasteiger partial charge in [0.25, 0.3) is 0 Å². The third kappa shape index (κ3) is 2.11. The SMILES string of the molecule is Cc1ncccc1-c1cnc(Cl)c(Cl)c1. The quantitative estimate of drug-likeness (QED) is 0.708. The number of rotatable bonds is 1. The van der Waals surface area contributed by atoms with Crippen LogP contribution in [0.3, 0.4) is 0 Å². The van der Waals surface area contributed by atoms with E-state index >= 15 is 0 Å². The number of nitrogens with zero attached hydrogens (tertiary/aromatic N) is 2. The molecule has 0 amide bonds. The molecule has 0 fully saturated rings. The van der Waals surface area contributed by atoms with Gasteiger partial charge in [0, 0.05) is 29.2 Å². The van der Waals surface area contributed by atoms with Crippen LogP contribution in [-0.2, 0) is 0 Å². The first-order valence-corrected chi connectivity index (χ1v) is 5.17. The van der Waals surface area contributed by atoms with Gasteiger partial charge in [-0.2, -0.15) is 0 Å². The van der Waals surface area contributed by atoms with Crippen molar-refractivity contribution in [3.63, 3.8) is 0 Å². The second kappa shape index (κ2) is 4.17. The highest BCUT2D eigenvalue weighted by molar-refractivity contribution is 6.41. The molecule has 0 saturated heterocycles. The summed E-state index contributed by atoms with van der Waals surface area (Å²) in [6.45, 7) is 1.94. The summed E-state index contributed by atoms with van der Waals surface area (Å²) in [5.74, 6) is 0. The molecule has 15 heavy (non-hydrogen) atoms. The van der Waals surface area contributed by atoms with E-state index in [4.69, 9.17) is 23.2 Å². The fraction of sp³-hybridized carbons (Fsp3) is 0.0909. The Morgan fingerprint density at radius 1 is 1.20 bits per heavy atom. The molecule has 0 saturated carbocycles. The molecule has 0 bridgehead atoms. The molecule has 4 heteroatoms. The van der Waals surface area contributed by atoms with Gasteiger partial charge in [-0.15, -0.1) is 0 Å². The number of halogens is 2.